The molecule has 1 N–H and O–H groups in total. The highest BCUT2D eigenvalue weighted by Crippen LogP contribution is 2.28. The van der Waals surface area contributed by atoms with Crippen LogP contribution in [0.3, 0.4) is 0 Å². The van der Waals surface area contributed by atoms with Crippen molar-refractivity contribution in [3.63, 3.8) is 0 Å². The van der Waals surface area contributed by atoms with E-state index in [1.807, 2.05) is 24.3 Å². The molecule has 3 rings (SSSR count). The number of nitrogens with one attached hydrogen (secondary N) is 1. The van der Waals surface area contributed by atoms with Crippen molar-refractivity contribution in [3.8, 4) is 0 Å². The quantitative estimate of drug-likeness (QED) is 0.840. The van der Waals surface area contributed by atoms with Crippen molar-refractivity contribution in [2.45, 2.75) is 6.10 Å². The molecule has 2 heterocycles. The third-order valence-corrected chi connectivity index (χ3v) is 4.91. The van der Waals surface area contributed by atoms with E-state index < -0.39 is 0 Å². The Bertz CT molecular complexity index is 596. The van der Waals surface area contributed by atoms with Crippen molar-refractivity contribution >= 4 is 27.7 Å². The summed E-state index contributed by atoms with van der Waals surface area (Å²) in [6, 6.07) is 7.89. The largest absolute Gasteiger partial charge is 0.370 e. The first-order chi connectivity index (χ1) is 11.1. The van der Waals surface area contributed by atoms with Gasteiger partial charge in [-0.1, -0.05) is 34.1 Å². The third kappa shape index (κ3) is 3.91. The lowest BCUT2D eigenvalue weighted by molar-refractivity contribution is -0.145. The number of hydrogen-bond donors (Lipinski definition) is 1. The van der Waals surface area contributed by atoms with Crippen molar-refractivity contribution in [1.82, 2.24) is 15.1 Å². The van der Waals surface area contributed by atoms with Crippen LogP contribution in [0.4, 0.5) is 0 Å². The number of rotatable bonds is 3. The Kier molecular flexibility index (Phi) is 5.30. The van der Waals surface area contributed by atoms with E-state index in [-0.39, 0.29) is 24.5 Å². The van der Waals surface area contributed by atoms with E-state index in [1.54, 1.807) is 9.80 Å². The molecule has 2 amide bonds. The second kappa shape index (κ2) is 7.42. The molecule has 6 nitrogen and oxygen atoms in total. The number of ether oxygens (including phenoxy) is 1. The SMILES string of the molecule is O=C1CNCCN1CC(=O)N1CCO[C@@H](c2ccccc2Br)C1. The summed E-state index contributed by atoms with van der Waals surface area (Å²) in [6.07, 6.45) is -0.137. The van der Waals surface area contributed by atoms with Gasteiger partial charge in [0, 0.05) is 24.1 Å². The predicted octanol–water partition coefficient (Wildman–Crippen LogP) is 0.781. The molecule has 1 aromatic rings. The molecule has 2 aliphatic rings. The number of carbonyl (C=O) groups is 2. The Morgan fingerprint density at radius 3 is 2.96 bits per heavy atom. The van der Waals surface area contributed by atoms with Crippen molar-refractivity contribution in [3.05, 3.63) is 34.3 Å². The maximum Gasteiger partial charge on any atom is 0.242 e. The third-order valence-electron chi connectivity index (χ3n) is 4.18. The minimum absolute atomic E-state index is 0.0133. The molecular formula is C16H20BrN3O3. The van der Waals surface area contributed by atoms with Crippen LogP contribution < -0.4 is 5.32 Å². The smallest absolute Gasteiger partial charge is 0.242 e. The number of piperazine rings is 1. The van der Waals surface area contributed by atoms with Gasteiger partial charge in [-0.05, 0) is 11.6 Å². The van der Waals surface area contributed by atoms with Crippen molar-refractivity contribution in [2.24, 2.45) is 0 Å². The summed E-state index contributed by atoms with van der Waals surface area (Å²) in [5.74, 6) is -0.0270. The van der Waals surface area contributed by atoms with E-state index in [2.05, 4.69) is 21.2 Å². The molecule has 124 valence electrons. The first-order valence-electron chi connectivity index (χ1n) is 7.77. The monoisotopic (exact) mass is 381 g/mol. The van der Waals surface area contributed by atoms with Crippen LogP contribution in [0.15, 0.2) is 28.7 Å². The van der Waals surface area contributed by atoms with Crippen molar-refractivity contribution < 1.29 is 14.3 Å². The van der Waals surface area contributed by atoms with E-state index >= 15 is 0 Å². The molecule has 2 fully saturated rings. The highest BCUT2D eigenvalue weighted by molar-refractivity contribution is 9.10. The molecule has 7 heteroatoms. The maximum absolute atomic E-state index is 12.5. The summed E-state index contributed by atoms with van der Waals surface area (Å²) >= 11 is 3.53. The number of halogens is 1. The lowest BCUT2D eigenvalue weighted by Gasteiger charge is -2.35. The van der Waals surface area contributed by atoms with Crippen LogP contribution in [0, 0.1) is 0 Å². The molecule has 2 aliphatic heterocycles. The van der Waals surface area contributed by atoms with Gasteiger partial charge in [0.1, 0.15) is 6.10 Å². The molecule has 2 saturated heterocycles. The summed E-state index contributed by atoms with van der Waals surface area (Å²) in [6.45, 7) is 3.39. The number of benzene rings is 1. The fourth-order valence-electron chi connectivity index (χ4n) is 2.88. The molecule has 0 aliphatic carbocycles. The van der Waals surface area contributed by atoms with Gasteiger partial charge in [0.2, 0.25) is 11.8 Å². The summed E-state index contributed by atoms with van der Waals surface area (Å²) in [5.41, 5.74) is 1.04. The van der Waals surface area contributed by atoms with Crippen LogP contribution in [0.2, 0.25) is 0 Å². The van der Waals surface area contributed by atoms with E-state index in [4.69, 9.17) is 4.74 Å². The lowest BCUT2D eigenvalue weighted by atomic mass is 10.1. The predicted molar refractivity (Wildman–Crippen MR) is 88.9 cm³/mol. The normalized spacial score (nSPS) is 22.3. The standard InChI is InChI=1S/C16H20BrN3O3/c17-13-4-2-1-3-12(13)14-10-20(7-8-23-14)16(22)11-19-6-5-18-9-15(19)21/h1-4,14,18H,5-11H2/t14-/m1/s1. The van der Waals surface area contributed by atoms with Gasteiger partial charge in [0.05, 0.1) is 26.2 Å². The van der Waals surface area contributed by atoms with Crippen molar-refractivity contribution in [2.75, 3.05) is 45.9 Å². The van der Waals surface area contributed by atoms with Gasteiger partial charge in [-0.15, -0.1) is 0 Å². The van der Waals surface area contributed by atoms with Crippen molar-refractivity contribution in [1.29, 1.82) is 0 Å². The Morgan fingerprint density at radius 1 is 1.35 bits per heavy atom. The first-order valence-corrected chi connectivity index (χ1v) is 8.57. The summed E-state index contributed by atoms with van der Waals surface area (Å²) in [7, 11) is 0. The maximum atomic E-state index is 12.5. The zero-order valence-corrected chi connectivity index (χ0v) is 14.4. The van der Waals surface area contributed by atoms with Crippen LogP contribution in [-0.4, -0.2) is 67.5 Å². The van der Waals surface area contributed by atoms with E-state index in [0.717, 1.165) is 16.6 Å². The minimum Gasteiger partial charge on any atom is -0.370 e. The van der Waals surface area contributed by atoms with Crippen LogP contribution in [0.5, 0.6) is 0 Å². The van der Waals surface area contributed by atoms with E-state index in [9.17, 15) is 9.59 Å². The zero-order valence-electron chi connectivity index (χ0n) is 12.8. The number of carbonyl (C=O) groups excluding carboxylic acids is 2. The molecular weight excluding hydrogens is 362 g/mol. The highest BCUT2D eigenvalue weighted by Gasteiger charge is 2.29. The molecule has 0 saturated carbocycles. The van der Waals surface area contributed by atoms with Gasteiger partial charge < -0.3 is 19.9 Å². The Hall–Kier alpha value is -1.44. The molecule has 0 spiro atoms. The van der Waals surface area contributed by atoms with Gasteiger partial charge >= 0.3 is 0 Å². The van der Waals surface area contributed by atoms with Gasteiger partial charge in [0.25, 0.3) is 0 Å². The van der Waals surface area contributed by atoms with Gasteiger partial charge in [-0.2, -0.15) is 0 Å². The average molecular weight is 382 g/mol. The molecule has 1 aromatic carbocycles. The van der Waals surface area contributed by atoms with Crippen LogP contribution in [0.1, 0.15) is 11.7 Å². The lowest BCUT2D eigenvalue weighted by Crippen LogP contribution is -2.53. The zero-order chi connectivity index (χ0) is 16.2. The minimum atomic E-state index is -0.137. The second-order valence-corrected chi connectivity index (χ2v) is 6.57. The number of hydrogen-bond acceptors (Lipinski definition) is 4. The fourth-order valence-corrected chi connectivity index (χ4v) is 3.42. The summed E-state index contributed by atoms with van der Waals surface area (Å²) in [5, 5.41) is 3.01. The number of morpholine rings is 1. The van der Waals surface area contributed by atoms with Gasteiger partial charge in [0.15, 0.2) is 0 Å². The molecule has 0 aromatic heterocycles. The summed E-state index contributed by atoms with van der Waals surface area (Å²) < 4.78 is 6.80. The Morgan fingerprint density at radius 2 is 2.17 bits per heavy atom. The second-order valence-electron chi connectivity index (χ2n) is 5.71. The van der Waals surface area contributed by atoms with E-state index in [1.165, 1.54) is 0 Å². The Balaban J connectivity index is 1.63. The number of nitrogens with zero attached hydrogens (tertiary/aromatic N) is 2. The molecule has 1 atom stereocenters. The van der Waals surface area contributed by atoms with Crippen LogP contribution in [0.25, 0.3) is 0 Å². The first kappa shape index (κ1) is 16.4. The molecule has 0 bridgehead atoms. The van der Waals surface area contributed by atoms with Gasteiger partial charge in [-0.25, -0.2) is 0 Å². The summed E-state index contributed by atoms with van der Waals surface area (Å²) in [4.78, 5) is 27.7. The highest BCUT2D eigenvalue weighted by atomic mass is 79.9. The van der Waals surface area contributed by atoms with Crippen LogP contribution in [-0.2, 0) is 14.3 Å². The topological polar surface area (TPSA) is 61.9 Å². The van der Waals surface area contributed by atoms with Crippen LogP contribution >= 0.6 is 15.9 Å². The fraction of sp³-hybridized carbons (Fsp3) is 0.500. The average Bonchev–Trinajstić information content (AvgIpc) is 2.57. The molecule has 0 unspecified atom stereocenters. The van der Waals surface area contributed by atoms with Gasteiger partial charge in [-0.3, -0.25) is 9.59 Å². The number of amides is 2. The van der Waals surface area contributed by atoms with E-state index in [0.29, 0.717) is 32.8 Å². The Labute approximate surface area is 143 Å². The molecule has 0 radical (unpaired) electrons. The molecule has 23 heavy (non-hydrogen) atoms.